The van der Waals surface area contributed by atoms with Crippen molar-refractivity contribution in [3.63, 3.8) is 0 Å². The Hall–Kier alpha value is -3.48. The Bertz CT molecular complexity index is 1330. The molecule has 7 rings (SSSR count). The number of fused-ring (bicyclic) bond motifs is 8. The molecule has 3 saturated heterocycles. The first-order valence-electron chi connectivity index (χ1n) is 11.4. The van der Waals surface area contributed by atoms with Crippen molar-refractivity contribution in [3.05, 3.63) is 95.5 Å². The van der Waals surface area contributed by atoms with E-state index in [0.717, 1.165) is 17.0 Å². The second kappa shape index (κ2) is 7.26. The van der Waals surface area contributed by atoms with Crippen molar-refractivity contribution in [1.29, 1.82) is 0 Å². The lowest BCUT2D eigenvalue weighted by atomic mass is 9.70. The monoisotopic (exact) mass is 469 g/mol. The lowest BCUT2D eigenvalue weighted by molar-refractivity contribution is -0.125. The van der Waals surface area contributed by atoms with Gasteiger partial charge in [0.1, 0.15) is 0 Å². The van der Waals surface area contributed by atoms with Gasteiger partial charge in [-0.2, -0.15) is 5.10 Å². The van der Waals surface area contributed by atoms with Crippen LogP contribution in [-0.2, 0) is 14.3 Å². The highest BCUT2D eigenvalue weighted by Crippen LogP contribution is 2.56. The number of ether oxygens (including phenoxy) is 1. The number of benzene rings is 3. The van der Waals surface area contributed by atoms with Crippen LogP contribution in [0.4, 0.5) is 11.4 Å². The van der Waals surface area contributed by atoms with Crippen LogP contribution in [0.25, 0.3) is 0 Å². The third kappa shape index (κ3) is 2.64. The van der Waals surface area contributed by atoms with Gasteiger partial charge in [-0.25, -0.2) is 4.90 Å². The predicted octanol–water partition coefficient (Wildman–Crippen LogP) is 4.14. The molecule has 0 aromatic heterocycles. The third-order valence-corrected chi connectivity index (χ3v) is 7.72. The molecule has 4 aliphatic heterocycles. The van der Waals surface area contributed by atoms with Crippen LogP contribution in [0.1, 0.15) is 5.56 Å². The third-order valence-electron chi connectivity index (χ3n) is 7.47. The summed E-state index contributed by atoms with van der Waals surface area (Å²) >= 11 is 6.03. The van der Waals surface area contributed by atoms with E-state index in [2.05, 4.69) is 0 Å². The fraction of sp³-hybridized carbons (Fsp3) is 0.222. The average molecular weight is 470 g/mol. The van der Waals surface area contributed by atoms with Crippen molar-refractivity contribution in [2.75, 3.05) is 9.91 Å². The maximum absolute atomic E-state index is 13.6. The van der Waals surface area contributed by atoms with Gasteiger partial charge in [0.05, 0.1) is 53.1 Å². The number of imide groups is 1. The SMILES string of the molecule is O=C1[C@@H]2[C@H]3O[C@@H]([C@@H]2C(=O)N1c1ccc(Cl)cc1)[C@H]1[C@@H]3C(c2ccccc2)=NN1c1ccccc1. The van der Waals surface area contributed by atoms with Crippen molar-refractivity contribution >= 4 is 40.5 Å². The summed E-state index contributed by atoms with van der Waals surface area (Å²) in [7, 11) is 0. The number of hydrogen-bond acceptors (Lipinski definition) is 5. The van der Waals surface area contributed by atoms with E-state index >= 15 is 0 Å². The van der Waals surface area contributed by atoms with E-state index in [1.807, 2.05) is 65.7 Å². The van der Waals surface area contributed by atoms with E-state index < -0.39 is 24.0 Å². The first-order chi connectivity index (χ1) is 16.6. The van der Waals surface area contributed by atoms with Gasteiger partial charge >= 0.3 is 0 Å². The minimum absolute atomic E-state index is 0.101. The number of amides is 2. The molecule has 0 unspecified atom stereocenters. The topological polar surface area (TPSA) is 62.2 Å². The quantitative estimate of drug-likeness (QED) is 0.541. The maximum Gasteiger partial charge on any atom is 0.240 e. The Morgan fingerprint density at radius 1 is 0.706 bits per heavy atom. The van der Waals surface area contributed by atoms with E-state index in [0.29, 0.717) is 10.7 Å². The van der Waals surface area contributed by atoms with E-state index in [4.69, 9.17) is 21.4 Å². The molecule has 3 fully saturated rings. The van der Waals surface area contributed by atoms with Crippen LogP contribution in [0.5, 0.6) is 0 Å². The largest absolute Gasteiger partial charge is 0.370 e. The van der Waals surface area contributed by atoms with Gasteiger partial charge in [0.25, 0.3) is 0 Å². The Labute approximate surface area is 201 Å². The summed E-state index contributed by atoms with van der Waals surface area (Å²) < 4.78 is 6.44. The van der Waals surface area contributed by atoms with Gasteiger partial charge < -0.3 is 4.74 Å². The highest BCUT2D eigenvalue weighted by atomic mass is 35.5. The summed E-state index contributed by atoms with van der Waals surface area (Å²) in [6.07, 6.45) is -0.819. The van der Waals surface area contributed by atoms with Crippen molar-refractivity contribution in [3.8, 4) is 0 Å². The molecule has 0 N–H and O–H groups in total. The highest BCUT2D eigenvalue weighted by molar-refractivity contribution is 6.31. The second-order valence-electron chi connectivity index (χ2n) is 9.15. The van der Waals surface area contributed by atoms with Gasteiger partial charge in [-0.3, -0.25) is 14.6 Å². The summed E-state index contributed by atoms with van der Waals surface area (Å²) in [5, 5.41) is 7.59. The Morgan fingerprint density at radius 2 is 1.32 bits per heavy atom. The molecule has 3 aromatic rings. The number of hydrogen-bond donors (Lipinski definition) is 0. The standard InChI is InChI=1S/C27H20ClN3O3/c28-16-11-13-17(14-12-16)30-26(32)19-20(27(30)33)25-23-21(24(19)34-25)22(15-7-3-1-4-8-15)29-31(23)18-9-5-2-6-10-18/h1-14,19-21,23-25H/t19-,20+,21-,23+,24+,25-/m0/s1. The zero-order valence-electron chi connectivity index (χ0n) is 18.0. The summed E-state index contributed by atoms with van der Waals surface area (Å²) in [6, 6.07) is 26.7. The molecule has 4 heterocycles. The zero-order valence-corrected chi connectivity index (χ0v) is 18.7. The summed E-state index contributed by atoms with van der Waals surface area (Å²) in [5.41, 5.74) is 3.42. The first-order valence-corrected chi connectivity index (χ1v) is 11.8. The minimum Gasteiger partial charge on any atom is -0.370 e. The van der Waals surface area contributed by atoms with Gasteiger partial charge in [-0.05, 0) is 42.0 Å². The van der Waals surface area contributed by atoms with Gasteiger partial charge in [0.2, 0.25) is 11.8 Å². The van der Waals surface area contributed by atoms with Crippen LogP contribution in [-0.4, -0.2) is 35.8 Å². The summed E-state index contributed by atoms with van der Waals surface area (Å²) in [5.74, 6) is -1.54. The molecule has 0 aliphatic carbocycles. The van der Waals surface area contributed by atoms with Crippen LogP contribution in [0, 0.1) is 17.8 Å². The molecule has 2 bridgehead atoms. The van der Waals surface area contributed by atoms with Crippen molar-refractivity contribution < 1.29 is 14.3 Å². The van der Waals surface area contributed by atoms with Crippen LogP contribution < -0.4 is 9.91 Å². The van der Waals surface area contributed by atoms with E-state index in [1.54, 1.807) is 24.3 Å². The Balaban J connectivity index is 1.32. The number of carbonyl (C=O) groups is 2. The fourth-order valence-electron chi connectivity index (χ4n) is 6.13. The molecular formula is C27H20ClN3O3. The van der Waals surface area contributed by atoms with Gasteiger partial charge in [0, 0.05) is 5.02 Å². The number of carbonyl (C=O) groups excluding carboxylic acids is 2. The maximum atomic E-state index is 13.6. The zero-order chi connectivity index (χ0) is 23.0. The molecule has 0 spiro atoms. The number of anilines is 2. The number of rotatable bonds is 3. The van der Waals surface area contributed by atoms with Crippen LogP contribution in [0.3, 0.4) is 0 Å². The van der Waals surface area contributed by atoms with E-state index in [1.165, 1.54) is 4.90 Å². The summed E-state index contributed by atoms with van der Waals surface area (Å²) in [4.78, 5) is 28.5. The molecule has 6 atom stereocenters. The summed E-state index contributed by atoms with van der Waals surface area (Å²) in [6.45, 7) is 0. The van der Waals surface area contributed by atoms with Crippen molar-refractivity contribution in [2.24, 2.45) is 22.9 Å². The van der Waals surface area contributed by atoms with Gasteiger partial charge in [0.15, 0.2) is 0 Å². The van der Waals surface area contributed by atoms with Crippen molar-refractivity contribution in [1.82, 2.24) is 0 Å². The van der Waals surface area contributed by atoms with Gasteiger partial charge in [-0.15, -0.1) is 0 Å². The Kier molecular flexibility index (Phi) is 4.26. The highest BCUT2D eigenvalue weighted by Gasteiger charge is 2.72. The van der Waals surface area contributed by atoms with Crippen LogP contribution in [0.15, 0.2) is 90.0 Å². The smallest absolute Gasteiger partial charge is 0.240 e. The molecule has 34 heavy (non-hydrogen) atoms. The first kappa shape index (κ1) is 19.9. The molecular weight excluding hydrogens is 450 g/mol. The fourth-order valence-corrected chi connectivity index (χ4v) is 6.25. The van der Waals surface area contributed by atoms with E-state index in [9.17, 15) is 9.59 Å². The lowest BCUT2D eigenvalue weighted by Crippen LogP contribution is -2.50. The van der Waals surface area contributed by atoms with Gasteiger partial charge in [-0.1, -0.05) is 60.1 Å². The van der Waals surface area contributed by atoms with Crippen molar-refractivity contribution in [2.45, 2.75) is 18.2 Å². The predicted molar refractivity (Wildman–Crippen MR) is 129 cm³/mol. The molecule has 168 valence electrons. The van der Waals surface area contributed by atoms with E-state index in [-0.39, 0.29) is 23.8 Å². The number of hydrazone groups is 1. The minimum atomic E-state index is -0.522. The normalized spacial score (nSPS) is 31.1. The van der Waals surface area contributed by atoms with Crippen LogP contribution in [0.2, 0.25) is 5.02 Å². The molecule has 4 aliphatic rings. The molecule has 0 saturated carbocycles. The van der Waals surface area contributed by atoms with Crippen LogP contribution >= 0.6 is 11.6 Å². The molecule has 0 radical (unpaired) electrons. The number of nitrogens with zero attached hydrogens (tertiary/aromatic N) is 3. The Morgan fingerprint density at radius 3 is 2.00 bits per heavy atom. The molecule has 6 nitrogen and oxygen atoms in total. The molecule has 7 heteroatoms. The number of para-hydroxylation sites is 1. The lowest BCUT2D eigenvalue weighted by Gasteiger charge is -2.32. The number of halogens is 1. The average Bonchev–Trinajstić information content (AvgIpc) is 3.60. The molecule has 2 amide bonds. The second-order valence-corrected chi connectivity index (χ2v) is 9.59. The molecule has 3 aromatic carbocycles.